The van der Waals surface area contributed by atoms with Crippen molar-refractivity contribution in [1.82, 2.24) is 4.98 Å². The molecule has 0 bridgehead atoms. The number of carbonyl (C=O) groups is 2. The van der Waals surface area contributed by atoms with E-state index in [9.17, 15) is 0 Å². The monoisotopic (exact) mass is 253 g/mol. The standard InChI is InChI=1S/C10H10ClN.C2H2O3/c1-2-7-6-8-9(11)4-3-5-10(8)12-7;3-1-2(4)5/h3-6,12H,2H2,1H3;1H,(H,4,5). The summed E-state index contributed by atoms with van der Waals surface area (Å²) in [6.07, 6.45) is 0.852. The van der Waals surface area contributed by atoms with Gasteiger partial charge in [-0.2, -0.15) is 0 Å². The zero-order valence-corrected chi connectivity index (χ0v) is 9.99. The minimum atomic E-state index is -1.43. The van der Waals surface area contributed by atoms with E-state index < -0.39 is 5.97 Å². The van der Waals surface area contributed by atoms with Crippen LogP contribution in [0.2, 0.25) is 5.02 Å². The Morgan fingerprint density at radius 1 is 1.53 bits per heavy atom. The number of H-pyrrole nitrogens is 1. The van der Waals surface area contributed by atoms with Gasteiger partial charge in [0.25, 0.3) is 0 Å². The van der Waals surface area contributed by atoms with Crippen LogP contribution in [0.4, 0.5) is 0 Å². The van der Waals surface area contributed by atoms with Crippen LogP contribution < -0.4 is 0 Å². The van der Waals surface area contributed by atoms with Crippen LogP contribution in [0.5, 0.6) is 0 Å². The molecule has 0 fully saturated rings. The number of aromatic nitrogens is 1. The summed E-state index contributed by atoms with van der Waals surface area (Å²) >= 11 is 6.01. The molecule has 0 atom stereocenters. The Labute approximate surface area is 103 Å². The van der Waals surface area contributed by atoms with Crippen molar-refractivity contribution in [1.29, 1.82) is 0 Å². The molecule has 0 saturated heterocycles. The Kier molecular flexibility index (Phi) is 4.72. The molecule has 1 aromatic heterocycles. The number of benzene rings is 1. The summed E-state index contributed by atoms with van der Waals surface area (Å²) in [6.45, 7) is 2.12. The van der Waals surface area contributed by atoms with Gasteiger partial charge in [-0.3, -0.25) is 4.79 Å². The topological polar surface area (TPSA) is 70.2 Å². The van der Waals surface area contributed by atoms with Crippen molar-refractivity contribution in [2.24, 2.45) is 0 Å². The summed E-state index contributed by atoms with van der Waals surface area (Å²) in [7, 11) is 0. The molecule has 0 unspecified atom stereocenters. The number of carboxylic acid groups (broad SMARTS) is 1. The van der Waals surface area contributed by atoms with Crippen LogP contribution in [0.25, 0.3) is 10.9 Å². The van der Waals surface area contributed by atoms with Gasteiger partial charge in [-0.25, -0.2) is 4.79 Å². The summed E-state index contributed by atoms with van der Waals surface area (Å²) in [5.74, 6) is -1.43. The maximum atomic E-state index is 9.00. The van der Waals surface area contributed by atoms with Gasteiger partial charge >= 0.3 is 5.97 Å². The quantitative estimate of drug-likeness (QED) is 0.639. The summed E-state index contributed by atoms with van der Waals surface area (Å²) in [4.78, 5) is 21.2. The molecule has 17 heavy (non-hydrogen) atoms. The fourth-order valence-electron chi connectivity index (χ4n) is 1.37. The van der Waals surface area contributed by atoms with Gasteiger partial charge in [-0.1, -0.05) is 24.6 Å². The Morgan fingerprint density at radius 3 is 2.65 bits per heavy atom. The average Bonchev–Trinajstić information content (AvgIpc) is 2.74. The van der Waals surface area contributed by atoms with Crippen molar-refractivity contribution >= 4 is 34.8 Å². The van der Waals surface area contributed by atoms with E-state index in [4.69, 9.17) is 26.3 Å². The predicted octanol–water partition coefficient (Wildman–Crippen LogP) is 2.65. The van der Waals surface area contributed by atoms with Crippen molar-refractivity contribution in [3.8, 4) is 0 Å². The number of halogens is 1. The first-order chi connectivity index (χ1) is 8.08. The van der Waals surface area contributed by atoms with Crippen LogP contribution in [0.1, 0.15) is 12.6 Å². The maximum absolute atomic E-state index is 9.00. The highest BCUT2D eigenvalue weighted by Crippen LogP contribution is 2.23. The third-order valence-corrected chi connectivity index (χ3v) is 2.48. The molecule has 0 aliphatic rings. The van der Waals surface area contributed by atoms with Crippen molar-refractivity contribution in [3.63, 3.8) is 0 Å². The van der Waals surface area contributed by atoms with Crippen LogP contribution in [-0.4, -0.2) is 22.3 Å². The normalized spacial score (nSPS) is 9.53. The van der Waals surface area contributed by atoms with Gasteiger partial charge in [0.1, 0.15) is 0 Å². The first kappa shape index (κ1) is 13.3. The molecule has 5 heteroatoms. The second kappa shape index (κ2) is 6.06. The number of aliphatic carboxylic acids is 1. The smallest absolute Gasteiger partial charge is 0.368 e. The fourth-order valence-corrected chi connectivity index (χ4v) is 1.60. The molecule has 0 saturated carbocycles. The van der Waals surface area contributed by atoms with E-state index in [1.165, 1.54) is 5.69 Å². The number of aromatic amines is 1. The third kappa shape index (κ3) is 3.60. The number of rotatable bonds is 2. The lowest BCUT2D eigenvalue weighted by molar-refractivity contribution is -0.143. The molecule has 2 N–H and O–H groups in total. The van der Waals surface area contributed by atoms with Gasteiger partial charge in [0.2, 0.25) is 6.29 Å². The summed E-state index contributed by atoms with van der Waals surface area (Å²) in [5.41, 5.74) is 2.36. The van der Waals surface area contributed by atoms with E-state index >= 15 is 0 Å². The predicted molar refractivity (Wildman–Crippen MR) is 66.4 cm³/mol. The number of carbonyl (C=O) groups excluding carboxylic acids is 1. The van der Waals surface area contributed by atoms with Crippen LogP contribution in [0, 0.1) is 0 Å². The lowest BCUT2D eigenvalue weighted by Crippen LogP contribution is -1.91. The molecule has 2 rings (SSSR count). The van der Waals surface area contributed by atoms with Gasteiger partial charge in [0.05, 0.1) is 0 Å². The molecule has 2 aromatic rings. The van der Waals surface area contributed by atoms with E-state index in [0.29, 0.717) is 0 Å². The van der Waals surface area contributed by atoms with Gasteiger partial charge in [-0.05, 0) is 24.6 Å². The fraction of sp³-hybridized carbons (Fsp3) is 0.167. The molecule has 90 valence electrons. The first-order valence-corrected chi connectivity index (χ1v) is 5.40. The number of fused-ring (bicyclic) bond motifs is 1. The van der Waals surface area contributed by atoms with Gasteiger partial charge in [0, 0.05) is 21.6 Å². The zero-order valence-electron chi connectivity index (χ0n) is 9.24. The lowest BCUT2D eigenvalue weighted by atomic mass is 10.2. The van der Waals surface area contributed by atoms with Gasteiger partial charge in [0.15, 0.2) is 0 Å². The zero-order chi connectivity index (χ0) is 12.8. The number of aldehydes is 1. The highest BCUT2D eigenvalue weighted by molar-refractivity contribution is 6.35. The first-order valence-electron chi connectivity index (χ1n) is 5.02. The SMILES string of the molecule is CCc1cc2c(Cl)cccc2[nH]1.O=CC(=O)O. The second-order valence-corrected chi connectivity index (χ2v) is 3.71. The molecular weight excluding hydrogens is 242 g/mol. The minimum absolute atomic E-state index is 0.167. The molecular formula is C12H12ClNO3. The number of hydrogen-bond acceptors (Lipinski definition) is 2. The minimum Gasteiger partial charge on any atom is -0.476 e. The van der Waals surface area contributed by atoms with E-state index in [1.54, 1.807) is 0 Å². The highest BCUT2D eigenvalue weighted by atomic mass is 35.5. The maximum Gasteiger partial charge on any atom is 0.368 e. The Morgan fingerprint density at radius 2 is 2.18 bits per heavy atom. The second-order valence-electron chi connectivity index (χ2n) is 3.31. The van der Waals surface area contributed by atoms with Crippen LogP contribution in [-0.2, 0) is 16.0 Å². The molecule has 0 spiro atoms. The Hall–Kier alpha value is -1.81. The summed E-state index contributed by atoms with van der Waals surface area (Å²) in [6, 6.07) is 8.02. The molecule has 0 radical (unpaired) electrons. The summed E-state index contributed by atoms with van der Waals surface area (Å²) < 4.78 is 0. The van der Waals surface area contributed by atoms with E-state index in [1.807, 2.05) is 18.2 Å². The number of hydrogen-bond donors (Lipinski definition) is 2. The van der Waals surface area contributed by atoms with Crippen LogP contribution in [0.3, 0.4) is 0 Å². The molecule has 0 amide bonds. The number of aryl methyl sites for hydroxylation is 1. The molecule has 1 heterocycles. The van der Waals surface area contributed by atoms with Crippen molar-refractivity contribution in [2.75, 3.05) is 0 Å². The lowest BCUT2D eigenvalue weighted by Gasteiger charge is -1.90. The molecule has 4 nitrogen and oxygen atoms in total. The van der Waals surface area contributed by atoms with Crippen molar-refractivity contribution in [3.05, 3.63) is 35.0 Å². The number of nitrogens with one attached hydrogen (secondary N) is 1. The highest BCUT2D eigenvalue weighted by Gasteiger charge is 2.01. The summed E-state index contributed by atoms with van der Waals surface area (Å²) in [5, 5.41) is 9.30. The largest absolute Gasteiger partial charge is 0.476 e. The van der Waals surface area contributed by atoms with Gasteiger partial charge < -0.3 is 10.1 Å². The Bertz CT molecular complexity index is 534. The average molecular weight is 254 g/mol. The van der Waals surface area contributed by atoms with E-state index in [2.05, 4.69) is 18.0 Å². The molecule has 0 aliphatic heterocycles. The van der Waals surface area contributed by atoms with E-state index in [0.717, 1.165) is 22.3 Å². The van der Waals surface area contributed by atoms with Crippen molar-refractivity contribution < 1.29 is 14.7 Å². The van der Waals surface area contributed by atoms with Crippen molar-refractivity contribution in [2.45, 2.75) is 13.3 Å². The van der Waals surface area contributed by atoms with Gasteiger partial charge in [-0.15, -0.1) is 0 Å². The van der Waals surface area contributed by atoms with Crippen LogP contribution in [0.15, 0.2) is 24.3 Å². The molecule has 0 aliphatic carbocycles. The number of carboxylic acids is 1. The molecule has 1 aromatic carbocycles. The third-order valence-electron chi connectivity index (χ3n) is 2.15. The van der Waals surface area contributed by atoms with Crippen LogP contribution >= 0.6 is 11.6 Å². The Balaban J connectivity index is 0.000000249. The van der Waals surface area contributed by atoms with E-state index in [-0.39, 0.29) is 6.29 Å².